The van der Waals surface area contributed by atoms with Gasteiger partial charge in [0, 0.05) is 29.7 Å². The van der Waals surface area contributed by atoms with Crippen molar-refractivity contribution < 1.29 is 31.1 Å². The van der Waals surface area contributed by atoms with Crippen LogP contribution < -0.4 is 26.3 Å². The molecule has 0 saturated carbocycles. The number of hydrogen-bond acceptors (Lipinski definition) is 2. The maximum absolute atomic E-state index is 12.5. The lowest BCUT2D eigenvalue weighted by atomic mass is 10.0. The number of carbonyl (C=O) groups excluding carboxylic acids is 1. The molecule has 1 aromatic heterocycles. The van der Waals surface area contributed by atoms with Crippen LogP contribution in [0.15, 0.2) is 109 Å². The first-order chi connectivity index (χ1) is 15.8. The van der Waals surface area contributed by atoms with Gasteiger partial charge in [-0.15, -0.1) is 0 Å². The molecule has 0 N–H and O–H groups in total. The number of ether oxygens (including phenoxy) is 1. The molecule has 0 fully saturated rings. The normalized spacial score (nSPS) is 10.3. The third-order valence-electron chi connectivity index (χ3n) is 5.49. The van der Waals surface area contributed by atoms with Crippen LogP contribution >= 0.6 is 0 Å². The van der Waals surface area contributed by atoms with Crippen molar-refractivity contribution in [2.45, 2.75) is 25.8 Å². The monoisotopic (exact) mass is 501 g/mol. The Hall–Kier alpha value is -3.24. The summed E-state index contributed by atoms with van der Waals surface area (Å²) in [6.07, 6.45) is 6.89. The minimum Gasteiger partial charge on any atom is -1.00 e. The van der Waals surface area contributed by atoms with Crippen molar-refractivity contribution in [2.75, 3.05) is 6.61 Å². The Balaban J connectivity index is 0.00000306. The molecular formula is C29H28BrNO2. The van der Waals surface area contributed by atoms with E-state index in [-0.39, 0.29) is 22.8 Å². The predicted octanol–water partition coefficient (Wildman–Crippen LogP) is 2.46. The highest BCUT2D eigenvalue weighted by atomic mass is 79.9. The van der Waals surface area contributed by atoms with Crippen molar-refractivity contribution >= 4 is 5.78 Å². The Labute approximate surface area is 206 Å². The number of carbonyl (C=O) groups is 1. The van der Waals surface area contributed by atoms with E-state index in [1.807, 2.05) is 54.9 Å². The van der Waals surface area contributed by atoms with Gasteiger partial charge >= 0.3 is 0 Å². The highest BCUT2D eigenvalue weighted by molar-refractivity contribution is 6.08. The summed E-state index contributed by atoms with van der Waals surface area (Å²) < 4.78 is 7.98. The standard InChI is InChI=1S/C29H28NO2.BrH/c31-29(26-10-5-2-6-11-26)27-18-21-30(22-19-27)20-7-23-32-28-16-14-25(15-17-28)13-12-24-8-3-1-4-9-24;/h1-6,8-11,14-19,21-22H,7,12-13,20,23H2;1H/q+1;/p-1. The van der Waals surface area contributed by atoms with Gasteiger partial charge in [0.2, 0.25) is 0 Å². The van der Waals surface area contributed by atoms with Gasteiger partial charge in [-0.1, -0.05) is 72.8 Å². The van der Waals surface area contributed by atoms with Crippen LogP contribution in [0.5, 0.6) is 5.75 Å². The summed E-state index contributed by atoms with van der Waals surface area (Å²) in [5, 5.41) is 0. The van der Waals surface area contributed by atoms with Crippen LogP contribution in [0.1, 0.15) is 33.5 Å². The van der Waals surface area contributed by atoms with Crippen LogP contribution in [0.4, 0.5) is 0 Å². The molecule has 0 saturated heterocycles. The molecule has 0 radical (unpaired) electrons. The molecule has 4 heteroatoms. The van der Waals surface area contributed by atoms with Crippen molar-refractivity contribution in [3.63, 3.8) is 0 Å². The zero-order chi connectivity index (χ0) is 22.0. The van der Waals surface area contributed by atoms with Crippen LogP contribution in [-0.2, 0) is 19.4 Å². The van der Waals surface area contributed by atoms with Gasteiger partial charge in [-0.25, -0.2) is 4.57 Å². The molecule has 0 amide bonds. The zero-order valence-electron chi connectivity index (χ0n) is 18.6. The number of hydrogen-bond donors (Lipinski definition) is 0. The lowest BCUT2D eigenvalue weighted by Gasteiger charge is -2.07. The number of nitrogens with zero attached hydrogens (tertiary/aromatic N) is 1. The first-order valence-electron chi connectivity index (χ1n) is 11.1. The summed E-state index contributed by atoms with van der Waals surface area (Å²) in [7, 11) is 0. The van der Waals surface area contributed by atoms with Gasteiger partial charge in [0.05, 0.1) is 6.61 Å². The second-order valence-corrected chi connectivity index (χ2v) is 7.85. The number of halogens is 1. The summed E-state index contributed by atoms with van der Waals surface area (Å²) in [5.41, 5.74) is 4.10. The fourth-order valence-corrected chi connectivity index (χ4v) is 3.64. The quantitative estimate of drug-likeness (QED) is 0.190. The summed E-state index contributed by atoms with van der Waals surface area (Å²) >= 11 is 0. The molecule has 0 unspecified atom stereocenters. The average molecular weight is 502 g/mol. The molecule has 3 aromatic carbocycles. The Morgan fingerprint density at radius 1 is 0.667 bits per heavy atom. The smallest absolute Gasteiger partial charge is 0.193 e. The van der Waals surface area contributed by atoms with Gasteiger partial charge in [0.25, 0.3) is 0 Å². The molecule has 4 aromatic rings. The van der Waals surface area contributed by atoms with E-state index < -0.39 is 0 Å². The van der Waals surface area contributed by atoms with Crippen LogP contribution in [0.2, 0.25) is 0 Å². The van der Waals surface area contributed by atoms with Crippen LogP contribution in [0, 0.1) is 0 Å². The first kappa shape index (κ1) is 24.4. The lowest BCUT2D eigenvalue weighted by Crippen LogP contribution is -3.00. The molecule has 0 aliphatic rings. The third-order valence-corrected chi connectivity index (χ3v) is 5.49. The topological polar surface area (TPSA) is 30.2 Å². The molecule has 0 bridgehead atoms. The molecule has 0 spiro atoms. The first-order valence-corrected chi connectivity index (χ1v) is 11.1. The summed E-state index contributed by atoms with van der Waals surface area (Å²) in [5.74, 6) is 0.954. The van der Waals surface area contributed by atoms with Crippen LogP contribution in [0.25, 0.3) is 0 Å². The number of ketones is 1. The SMILES string of the molecule is O=C(c1ccccc1)c1cc[n+](CCCOc2ccc(CCc3ccccc3)cc2)cc1.[Br-]. The Morgan fingerprint density at radius 2 is 1.21 bits per heavy atom. The molecule has 0 aliphatic carbocycles. The van der Waals surface area contributed by atoms with Crippen molar-refractivity contribution in [2.24, 2.45) is 0 Å². The van der Waals surface area contributed by atoms with E-state index in [0.717, 1.165) is 31.6 Å². The van der Waals surface area contributed by atoms with Gasteiger partial charge in [-0.05, 0) is 36.1 Å². The van der Waals surface area contributed by atoms with Gasteiger partial charge < -0.3 is 21.7 Å². The van der Waals surface area contributed by atoms with E-state index in [4.69, 9.17) is 4.74 Å². The second-order valence-electron chi connectivity index (χ2n) is 7.85. The van der Waals surface area contributed by atoms with Gasteiger partial charge in [-0.2, -0.15) is 0 Å². The molecule has 0 atom stereocenters. The van der Waals surface area contributed by atoms with E-state index >= 15 is 0 Å². The largest absolute Gasteiger partial charge is 1.00 e. The number of aryl methyl sites for hydroxylation is 3. The van der Waals surface area contributed by atoms with Crippen molar-refractivity contribution in [1.82, 2.24) is 0 Å². The van der Waals surface area contributed by atoms with Gasteiger partial charge in [-0.3, -0.25) is 4.79 Å². The van der Waals surface area contributed by atoms with Crippen molar-refractivity contribution in [3.8, 4) is 5.75 Å². The third kappa shape index (κ3) is 7.40. The Morgan fingerprint density at radius 3 is 1.85 bits per heavy atom. The van der Waals surface area contributed by atoms with Crippen molar-refractivity contribution in [3.05, 3.63) is 132 Å². The summed E-state index contributed by atoms with van der Waals surface area (Å²) in [6.45, 7) is 1.50. The lowest BCUT2D eigenvalue weighted by molar-refractivity contribution is -0.697. The zero-order valence-corrected chi connectivity index (χ0v) is 20.2. The number of aromatic nitrogens is 1. The molecule has 1 heterocycles. The maximum atomic E-state index is 12.5. The molecule has 0 aliphatic heterocycles. The number of rotatable bonds is 10. The van der Waals surface area contributed by atoms with Crippen LogP contribution in [0.3, 0.4) is 0 Å². The second kappa shape index (κ2) is 12.7. The van der Waals surface area contributed by atoms with Gasteiger partial charge in [0.1, 0.15) is 5.75 Å². The highest BCUT2D eigenvalue weighted by Crippen LogP contribution is 2.14. The molecule has 3 nitrogen and oxygen atoms in total. The summed E-state index contributed by atoms with van der Waals surface area (Å²) in [4.78, 5) is 12.5. The van der Waals surface area contributed by atoms with E-state index in [1.54, 1.807) is 0 Å². The average Bonchev–Trinajstić information content (AvgIpc) is 2.87. The number of pyridine rings is 1. The molecular weight excluding hydrogens is 474 g/mol. The summed E-state index contributed by atoms with van der Waals surface area (Å²) in [6, 6.07) is 32.1. The molecule has 33 heavy (non-hydrogen) atoms. The minimum atomic E-state index is 0. The molecule has 4 rings (SSSR count). The Kier molecular flexibility index (Phi) is 9.40. The van der Waals surface area contributed by atoms with Crippen LogP contribution in [-0.4, -0.2) is 12.4 Å². The minimum absolute atomic E-state index is 0. The molecule has 168 valence electrons. The maximum Gasteiger partial charge on any atom is 0.193 e. The Bertz CT molecular complexity index is 1110. The van der Waals surface area contributed by atoms with E-state index in [1.165, 1.54) is 11.1 Å². The van der Waals surface area contributed by atoms with E-state index in [9.17, 15) is 4.79 Å². The predicted molar refractivity (Wildman–Crippen MR) is 127 cm³/mol. The van der Waals surface area contributed by atoms with Crippen molar-refractivity contribution in [1.29, 1.82) is 0 Å². The van der Waals surface area contributed by atoms with E-state index in [0.29, 0.717) is 17.7 Å². The van der Waals surface area contributed by atoms with Gasteiger partial charge in [0.15, 0.2) is 24.7 Å². The fraction of sp³-hybridized carbons (Fsp3) is 0.172. The highest BCUT2D eigenvalue weighted by Gasteiger charge is 2.10. The van der Waals surface area contributed by atoms with E-state index in [2.05, 4.69) is 59.2 Å². The fourth-order valence-electron chi connectivity index (χ4n) is 3.64. The number of benzene rings is 3.